The zero-order chi connectivity index (χ0) is 30.2. The van der Waals surface area contributed by atoms with Gasteiger partial charge in [0.05, 0.1) is 12.8 Å². The summed E-state index contributed by atoms with van der Waals surface area (Å²) >= 11 is 0. The molecule has 0 saturated carbocycles. The number of ether oxygens (including phenoxy) is 2. The number of alkyl halides is 3. The number of nitrogens with zero attached hydrogens (tertiary/aromatic N) is 3. The van der Waals surface area contributed by atoms with Crippen LogP contribution in [-0.4, -0.2) is 59.0 Å². The Morgan fingerprint density at radius 2 is 1.76 bits per heavy atom. The molecule has 0 aliphatic rings. The van der Waals surface area contributed by atoms with Crippen molar-refractivity contribution in [2.24, 2.45) is 0 Å². The van der Waals surface area contributed by atoms with Crippen molar-refractivity contribution in [2.75, 3.05) is 26.7 Å². The highest BCUT2D eigenvalue weighted by Gasteiger charge is 2.36. The van der Waals surface area contributed by atoms with E-state index < -0.39 is 29.5 Å². The molecule has 1 aromatic heterocycles. The van der Waals surface area contributed by atoms with Gasteiger partial charge in [-0.3, -0.25) is 4.79 Å². The maximum atomic E-state index is 13.6. The minimum Gasteiger partial charge on any atom is -0.496 e. The van der Waals surface area contributed by atoms with Crippen molar-refractivity contribution in [1.82, 2.24) is 25.3 Å². The second kappa shape index (κ2) is 13.5. The minimum absolute atomic E-state index is 0.0530. The van der Waals surface area contributed by atoms with Crippen molar-refractivity contribution < 1.29 is 32.2 Å². The van der Waals surface area contributed by atoms with Gasteiger partial charge in [-0.15, -0.1) is 0 Å². The van der Waals surface area contributed by atoms with Crippen molar-refractivity contribution in [3.05, 3.63) is 77.1 Å². The monoisotopic (exact) mass is 575 g/mol. The van der Waals surface area contributed by atoms with Crippen LogP contribution in [0.1, 0.15) is 55.0 Å². The lowest BCUT2D eigenvalue weighted by Crippen LogP contribution is -2.40. The standard InChI is InChI=1S/C29H36F3N5O4/c1-6-36(27(39)41-28(2,3)4)15-14-33-18-20-10-9-12-22(16-20)37-23(17-25(35-37)29(30,31)32)26(38)34-19-21-11-7-8-13-24(21)40-5/h7-13,16-17,33H,6,14-15,18-19H2,1-5H3,(H,34,38). The number of amides is 2. The molecule has 0 fully saturated rings. The van der Waals surface area contributed by atoms with Crippen LogP contribution in [0.15, 0.2) is 54.6 Å². The minimum atomic E-state index is -4.73. The van der Waals surface area contributed by atoms with Crippen molar-refractivity contribution >= 4 is 12.0 Å². The predicted molar refractivity (Wildman–Crippen MR) is 148 cm³/mol. The zero-order valence-electron chi connectivity index (χ0n) is 23.8. The van der Waals surface area contributed by atoms with Crippen LogP contribution in [0, 0.1) is 0 Å². The molecule has 0 radical (unpaired) electrons. The van der Waals surface area contributed by atoms with E-state index in [4.69, 9.17) is 9.47 Å². The van der Waals surface area contributed by atoms with E-state index in [2.05, 4.69) is 15.7 Å². The van der Waals surface area contributed by atoms with Crippen molar-refractivity contribution in [3.8, 4) is 11.4 Å². The summed E-state index contributed by atoms with van der Waals surface area (Å²) in [6.45, 7) is 9.05. The third kappa shape index (κ3) is 8.97. The molecule has 3 rings (SSSR count). The fourth-order valence-corrected chi connectivity index (χ4v) is 3.94. The highest BCUT2D eigenvalue weighted by Crippen LogP contribution is 2.30. The molecule has 0 spiro atoms. The third-order valence-corrected chi connectivity index (χ3v) is 5.94. The second-order valence-corrected chi connectivity index (χ2v) is 10.2. The number of halogens is 3. The van der Waals surface area contributed by atoms with Crippen molar-refractivity contribution in [3.63, 3.8) is 0 Å². The van der Waals surface area contributed by atoms with Gasteiger partial charge in [0.2, 0.25) is 0 Å². The maximum Gasteiger partial charge on any atom is 0.435 e. The average molecular weight is 576 g/mol. The molecule has 0 aliphatic carbocycles. The fourth-order valence-electron chi connectivity index (χ4n) is 3.94. The van der Waals surface area contributed by atoms with E-state index in [1.165, 1.54) is 7.11 Å². The van der Waals surface area contributed by atoms with E-state index in [-0.39, 0.29) is 12.2 Å². The molecule has 222 valence electrons. The molecule has 2 amide bonds. The number of carbonyl (C=O) groups excluding carboxylic acids is 2. The molecule has 41 heavy (non-hydrogen) atoms. The molecule has 9 nitrogen and oxygen atoms in total. The van der Waals surface area contributed by atoms with Gasteiger partial charge in [0.15, 0.2) is 5.69 Å². The third-order valence-electron chi connectivity index (χ3n) is 5.94. The first-order chi connectivity index (χ1) is 19.3. The molecule has 0 atom stereocenters. The van der Waals surface area contributed by atoms with Crippen LogP contribution < -0.4 is 15.4 Å². The number of carbonyl (C=O) groups is 2. The van der Waals surface area contributed by atoms with Crippen LogP contribution >= 0.6 is 0 Å². The maximum absolute atomic E-state index is 13.6. The molecule has 0 aliphatic heterocycles. The van der Waals surface area contributed by atoms with Crippen LogP contribution in [0.4, 0.5) is 18.0 Å². The number of nitrogens with one attached hydrogen (secondary N) is 2. The van der Waals surface area contributed by atoms with Crippen molar-refractivity contribution in [2.45, 2.75) is 52.6 Å². The topological polar surface area (TPSA) is 97.7 Å². The van der Waals surface area contributed by atoms with Gasteiger partial charge in [-0.25, -0.2) is 9.48 Å². The van der Waals surface area contributed by atoms with E-state index in [1.807, 2.05) is 6.92 Å². The first kappa shape index (κ1) is 31.5. The Balaban J connectivity index is 1.73. The van der Waals surface area contributed by atoms with E-state index in [9.17, 15) is 22.8 Å². The highest BCUT2D eigenvalue weighted by atomic mass is 19.4. The molecule has 12 heteroatoms. The Bertz CT molecular complexity index is 1330. The van der Waals surface area contributed by atoms with Gasteiger partial charge < -0.3 is 25.0 Å². The lowest BCUT2D eigenvalue weighted by atomic mass is 10.2. The SMILES string of the molecule is CCN(CCNCc1cccc(-n2nc(C(F)(F)F)cc2C(=O)NCc2ccccc2OC)c1)C(=O)OC(C)(C)C. The van der Waals surface area contributed by atoms with E-state index >= 15 is 0 Å². The number of benzene rings is 2. The molecule has 2 aromatic carbocycles. The lowest BCUT2D eigenvalue weighted by molar-refractivity contribution is -0.141. The molecule has 0 bridgehead atoms. The summed E-state index contributed by atoms with van der Waals surface area (Å²) in [5.74, 6) is -0.171. The van der Waals surface area contributed by atoms with Gasteiger partial charge >= 0.3 is 12.3 Å². The number of hydrogen-bond donors (Lipinski definition) is 2. The van der Waals surface area contributed by atoms with Gasteiger partial charge in [-0.1, -0.05) is 30.3 Å². The summed E-state index contributed by atoms with van der Waals surface area (Å²) in [5, 5.41) is 9.60. The number of hydrogen-bond acceptors (Lipinski definition) is 6. The Morgan fingerprint density at radius 1 is 1.02 bits per heavy atom. The van der Waals surface area contributed by atoms with Crippen LogP contribution in [0.3, 0.4) is 0 Å². The molecule has 0 unspecified atom stereocenters. The zero-order valence-corrected chi connectivity index (χ0v) is 23.8. The summed E-state index contributed by atoms with van der Waals surface area (Å²) in [6.07, 6.45) is -5.14. The molecule has 2 N–H and O–H groups in total. The fraction of sp³-hybridized carbons (Fsp3) is 0.414. The number of likely N-dealkylation sites (N-methyl/N-ethyl adjacent to an activating group) is 1. The largest absolute Gasteiger partial charge is 0.496 e. The van der Waals surface area contributed by atoms with Gasteiger partial charge in [0.1, 0.15) is 17.0 Å². The van der Waals surface area contributed by atoms with Gasteiger partial charge in [0.25, 0.3) is 5.91 Å². The first-order valence-corrected chi connectivity index (χ1v) is 13.2. The molecule has 1 heterocycles. The molecular weight excluding hydrogens is 539 g/mol. The Hall–Kier alpha value is -4.06. The molecule has 3 aromatic rings. The van der Waals surface area contributed by atoms with Gasteiger partial charge in [0, 0.05) is 44.4 Å². The summed E-state index contributed by atoms with van der Waals surface area (Å²) in [5.41, 5.74) is -0.301. The summed E-state index contributed by atoms with van der Waals surface area (Å²) in [7, 11) is 1.49. The van der Waals surface area contributed by atoms with Crippen LogP contribution in [-0.2, 0) is 24.0 Å². The average Bonchev–Trinajstić information content (AvgIpc) is 3.38. The first-order valence-electron chi connectivity index (χ1n) is 13.2. The summed E-state index contributed by atoms with van der Waals surface area (Å²) in [6, 6.07) is 14.5. The van der Waals surface area contributed by atoms with Crippen LogP contribution in [0.5, 0.6) is 5.75 Å². The molecule has 0 saturated heterocycles. The normalized spacial score (nSPS) is 11.7. The van der Waals surface area contributed by atoms with Gasteiger partial charge in [-0.05, 0) is 51.5 Å². The number of methoxy groups -OCH3 is 1. The smallest absolute Gasteiger partial charge is 0.435 e. The number of para-hydroxylation sites is 1. The predicted octanol–water partition coefficient (Wildman–Crippen LogP) is 5.18. The second-order valence-electron chi connectivity index (χ2n) is 10.2. The van der Waals surface area contributed by atoms with E-state index in [1.54, 1.807) is 74.2 Å². The van der Waals surface area contributed by atoms with Crippen LogP contribution in [0.25, 0.3) is 5.69 Å². The highest BCUT2D eigenvalue weighted by molar-refractivity contribution is 5.93. The Kier molecular flexibility index (Phi) is 10.4. The van der Waals surface area contributed by atoms with Crippen LogP contribution in [0.2, 0.25) is 0 Å². The van der Waals surface area contributed by atoms with E-state index in [0.29, 0.717) is 43.2 Å². The summed E-state index contributed by atoms with van der Waals surface area (Å²) in [4.78, 5) is 26.9. The summed E-state index contributed by atoms with van der Waals surface area (Å²) < 4.78 is 52.4. The quantitative estimate of drug-likeness (QED) is 0.306. The lowest BCUT2D eigenvalue weighted by Gasteiger charge is -2.26. The Morgan fingerprint density at radius 3 is 2.41 bits per heavy atom. The van der Waals surface area contributed by atoms with E-state index in [0.717, 1.165) is 16.3 Å². The number of aromatic nitrogens is 2. The Labute approximate surface area is 237 Å². The van der Waals surface area contributed by atoms with Crippen molar-refractivity contribution in [1.29, 1.82) is 0 Å². The van der Waals surface area contributed by atoms with Gasteiger partial charge in [-0.2, -0.15) is 18.3 Å². The molecular formula is C29H36F3N5O4. The number of rotatable bonds is 11.